The summed E-state index contributed by atoms with van der Waals surface area (Å²) < 4.78 is 11.4. The molecule has 0 radical (unpaired) electrons. The van der Waals surface area contributed by atoms with Gasteiger partial charge in [0.15, 0.2) is 10.4 Å². The topological polar surface area (TPSA) is 78.1 Å². The third kappa shape index (κ3) is 3.58. The molecule has 2 aromatic rings. The molecule has 17 heavy (non-hydrogen) atoms. The van der Waals surface area contributed by atoms with Crippen LogP contribution in [0.1, 0.15) is 12.8 Å². The predicted octanol–water partition coefficient (Wildman–Crippen LogP) is 2.67. The van der Waals surface area contributed by atoms with Crippen molar-refractivity contribution in [3.05, 3.63) is 22.7 Å². The van der Waals surface area contributed by atoms with Gasteiger partial charge in [-0.15, -0.1) is 10.2 Å². The molecule has 92 valence electrons. The Morgan fingerprint density at radius 1 is 1.41 bits per heavy atom. The molecule has 2 rings (SSSR count). The molecular weight excluding hydrogens is 306 g/mol. The smallest absolute Gasteiger partial charge is 0.283 e. The van der Waals surface area contributed by atoms with Crippen LogP contribution in [0.5, 0.6) is 0 Å². The maximum absolute atomic E-state index is 5.65. The summed E-state index contributed by atoms with van der Waals surface area (Å²) in [6, 6.07) is 3.73. The summed E-state index contributed by atoms with van der Waals surface area (Å²) in [5.74, 6) is 3.07. The van der Waals surface area contributed by atoms with Crippen molar-refractivity contribution < 1.29 is 8.83 Å². The number of halogens is 1. The SMILES string of the molecule is CC(N)CSCc1nnc(-c2ccc(Br)o2)o1. The van der Waals surface area contributed by atoms with Gasteiger partial charge in [-0.2, -0.15) is 11.8 Å². The molecule has 2 heterocycles. The van der Waals surface area contributed by atoms with Crippen molar-refractivity contribution in [1.29, 1.82) is 0 Å². The second-order valence-corrected chi connectivity index (χ2v) is 5.41. The van der Waals surface area contributed by atoms with Crippen LogP contribution in [0.15, 0.2) is 25.6 Å². The Morgan fingerprint density at radius 3 is 2.88 bits per heavy atom. The van der Waals surface area contributed by atoms with Crippen LogP contribution in [0.3, 0.4) is 0 Å². The lowest BCUT2D eigenvalue weighted by atomic mass is 10.4. The van der Waals surface area contributed by atoms with E-state index >= 15 is 0 Å². The van der Waals surface area contributed by atoms with Crippen LogP contribution in [0.25, 0.3) is 11.7 Å². The van der Waals surface area contributed by atoms with Crippen LogP contribution in [0.2, 0.25) is 0 Å². The highest BCUT2D eigenvalue weighted by Crippen LogP contribution is 2.24. The molecule has 2 N–H and O–H groups in total. The molecule has 0 saturated carbocycles. The van der Waals surface area contributed by atoms with E-state index in [1.807, 2.05) is 6.92 Å². The molecule has 0 aliphatic heterocycles. The molecule has 1 unspecified atom stereocenters. The zero-order valence-corrected chi connectivity index (χ0v) is 11.6. The lowest BCUT2D eigenvalue weighted by Gasteiger charge is -2.01. The van der Waals surface area contributed by atoms with Gasteiger partial charge in [0.25, 0.3) is 5.89 Å². The largest absolute Gasteiger partial charge is 0.444 e. The molecule has 0 aliphatic carbocycles. The summed E-state index contributed by atoms with van der Waals surface area (Å²) in [5.41, 5.74) is 5.65. The molecule has 2 aromatic heterocycles. The highest BCUT2D eigenvalue weighted by molar-refractivity contribution is 9.10. The lowest BCUT2D eigenvalue weighted by molar-refractivity contribution is 0.486. The molecule has 0 saturated heterocycles. The first-order chi connectivity index (χ1) is 8.15. The zero-order valence-electron chi connectivity index (χ0n) is 9.22. The van der Waals surface area contributed by atoms with Crippen molar-refractivity contribution in [1.82, 2.24) is 10.2 Å². The molecule has 0 amide bonds. The van der Waals surface area contributed by atoms with Crippen LogP contribution >= 0.6 is 27.7 Å². The van der Waals surface area contributed by atoms with E-state index in [4.69, 9.17) is 14.6 Å². The van der Waals surface area contributed by atoms with Crippen molar-refractivity contribution in [2.45, 2.75) is 18.7 Å². The van der Waals surface area contributed by atoms with Crippen LogP contribution < -0.4 is 5.73 Å². The van der Waals surface area contributed by atoms with Gasteiger partial charge in [0.05, 0.1) is 5.75 Å². The Balaban J connectivity index is 1.96. The number of aromatic nitrogens is 2. The van der Waals surface area contributed by atoms with Crippen LogP contribution in [0, 0.1) is 0 Å². The second-order valence-electron chi connectivity index (χ2n) is 3.60. The minimum atomic E-state index is 0.170. The third-order valence-corrected chi connectivity index (χ3v) is 3.50. The molecule has 0 fully saturated rings. The number of hydrogen-bond acceptors (Lipinski definition) is 6. The van der Waals surface area contributed by atoms with Crippen molar-refractivity contribution in [3.8, 4) is 11.7 Å². The average Bonchev–Trinajstić information content (AvgIpc) is 2.86. The Labute approximate surface area is 111 Å². The van der Waals surface area contributed by atoms with E-state index in [1.165, 1.54) is 0 Å². The molecule has 0 spiro atoms. The minimum absolute atomic E-state index is 0.170. The van der Waals surface area contributed by atoms with Gasteiger partial charge in [0.2, 0.25) is 5.89 Å². The molecule has 1 atom stereocenters. The molecule has 7 heteroatoms. The lowest BCUT2D eigenvalue weighted by Crippen LogP contribution is -2.17. The van der Waals surface area contributed by atoms with Crippen molar-refractivity contribution in [2.24, 2.45) is 5.73 Å². The summed E-state index contributed by atoms with van der Waals surface area (Å²) in [5, 5.41) is 7.87. The van der Waals surface area contributed by atoms with Crippen molar-refractivity contribution >= 4 is 27.7 Å². The van der Waals surface area contributed by atoms with Crippen molar-refractivity contribution in [3.63, 3.8) is 0 Å². The summed E-state index contributed by atoms with van der Waals surface area (Å²) >= 11 is 4.89. The summed E-state index contributed by atoms with van der Waals surface area (Å²) in [4.78, 5) is 0. The van der Waals surface area contributed by atoms with Crippen LogP contribution in [0.4, 0.5) is 0 Å². The monoisotopic (exact) mass is 317 g/mol. The van der Waals surface area contributed by atoms with Gasteiger partial charge in [-0.25, -0.2) is 0 Å². The molecule has 0 aliphatic rings. The van der Waals surface area contributed by atoms with Gasteiger partial charge in [0, 0.05) is 11.8 Å². The predicted molar refractivity (Wildman–Crippen MR) is 69.5 cm³/mol. The van der Waals surface area contributed by atoms with Crippen molar-refractivity contribution in [2.75, 3.05) is 5.75 Å². The third-order valence-electron chi connectivity index (χ3n) is 1.86. The van der Waals surface area contributed by atoms with Gasteiger partial charge in [-0.3, -0.25) is 0 Å². The maximum Gasteiger partial charge on any atom is 0.283 e. The molecular formula is C10H12BrN3O2S. The van der Waals surface area contributed by atoms with E-state index in [2.05, 4.69) is 26.1 Å². The van der Waals surface area contributed by atoms with Gasteiger partial charge in [-0.05, 0) is 35.0 Å². The zero-order chi connectivity index (χ0) is 12.3. The number of furan rings is 1. The number of rotatable bonds is 5. The van der Waals surface area contributed by atoms with E-state index in [0.717, 1.165) is 5.75 Å². The first kappa shape index (κ1) is 12.7. The fourth-order valence-corrected chi connectivity index (χ4v) is 2.26. The molecule has 0 bridgehead atoms. The average molecular weight is 318 g/mol. The van der Waals surface area contributed by atoms with E-state index in [9.17, 15) is 0 Å². The highest BCUT2D eigenvalue weighted by atomic mass is 79.9. The Hall–Kier alpha value is -0.790. The Kier molecular flexibility index (Phi) is 4.25. The second kappa shape index (κ2) is 5.70. The van der Waals surface area contributed by atoms with Gasteiger partial charge >= 0.3 is 0 Å². The molecule has 5 nitrogen and oxygen atoms in total. The van der Waals surface area contributed by atoms with Crippen LogP contribution in [-0.2, 0) is 5.75 Å². The van der Waals surface area contributed by atoms with Gasteiger partial charge in [-0.1, -0.05) is 0 Å². The van der Waals surface area contributed by atoms with E-state index in [-0.39, 0.29) is 6.04 Å². The van der Waals surface area contributed by atoms with Crippen LogP contribution in [-0.4, -0.2) is 22.0 Å². The Bertz CT molecular complexity index is 483. The highest BCUT2D eigenvalue weighted by Gasteiger charge is 2.12. The number of nitrogens with zero attached hydrogens (tertiary/aromatic N) is 2. The summed E-state index contributed by atoms with van der Waals surface area (Å²) in [6.07, 6.45) is 0. The van der Waals surface area contributed by atoms with Gasteiger partial charge in [0.1, 0.15) is 0 Å². The standard InChI is InChI=1S/C10H12BrN3O2S/c1-6(12)4-17-5-9-13-14-10(16-9)7-2-3-8(11)15-7/h2-3,6H,4-5,12H2,1H3. The number of hydrogen-bond donors (Lipinski definition) is 1. The fraction of sp³-hybridized carbons (Fsp3) is 0.400. The summed E-state index contributed by atoms with van der Waals surface area (Å²) in [7, 11) is 0. The quantitative estimate of drug-likeness (QED) is 0.913. The number of thioether (sulfide) groups is 1. The van der Waals surface area contributed by atoms with E-state index < -0.39 is 0 Å². The van der Waals surface area contributed by atoms with Gasteiger partial charge < -0.3 is 14.6 Å². The molecule has 0 aromatic carbocycles. The normalized spacial score (nSPS) is 12.9. The number of nitrogens with two attached hydrogens (primary N) is 1. The van der Waals surface area contributed by atoms with E-state index in [0.29, 0.717) is 28.0 Å². The minimum Gasteiger partial charge on any atom is -0.444 e. The van der Waals surface area contributed by atoms with E-state index in [1.54, 1.807) is 23.9 Å². The fourth-order valence-electron chi connectivity index (χ4n) is 1.17. The Morgan fingerprint density at radius 2 is 2.24 bits per heavy atom. The first-order valence-corrected chi connectivity index (χ1v) is 7.01. The first-order valence-electron chi connectivity index (χ1n) is 5.06. The summed E-state index contributed by atoms with van der Waals surface area (Å²) in [6.45, 7) is 1.96. The maximum atomic E-state index is 5.65.